The summed E-state index contributed by atoms with van der Waals surface area (Å²) in [7, 11) is -2.08. The maximum Gasteiger partial charge on any atom is 0.159 e. The first-order valence-electron chi connectivity index (χ1n) is 22.2. The Kier molecular flexibility index (Phi) is 8.06. The largest absolute Gasteiger partial charge is 0.453 e. The Morgan fingerprint density at radius 2 is 0.828 bits per heavy atom. The van der Waals surface area contributed by atoms with Crippen LogP contribution in [-0.4, -0.2) is 8.07 Å². The van der Waals surface area contributed by atoms with Crippen LogP contribution in [0.15, 0.2) is 223 Å². The smallest absolute Gasteiger partial charge is 0.159 e. The number of rotatable bonds is 7. The van der Waals surface area contributed by atoms with E-state index in [0.29, 0.717) is 0 Å². The van der Waals surface area contributed by atoms with Gasteiger partial charge in [-0.3, -0.25) is 0 Å². The molecule has 13 rings (SSSR count). The fraction of sp³-hybridized carbons (Fsp3) is 0.0333. The van der Waals surface area contributed by atoms with Gasteiger partial charge in [0.05, 0.1) is 17.1 Å². The molecule has 0 saturated heterocycles. The molecule has 0 unspecified atom stereocenters. The molecule has 0 aliphatic carbocycles. The van der Waals surface area contributed by atoms with E-state index in [1.165, 1.54) is 65.2 Å². The van der Waals surface area contributed by atoms with Crippen molar-refractivity contribution in [3.8, 4) is 22.3 Å². The van der Waals surface area contributed by atoms with Crippen molar-refractivity contribution in [2.75, 3.05) is 9.80 Å². The second-order valence-electron chi connectivity index (χ2n) is 17.6. The molecule has 0 fully saturated rings. The number of hydrogen-bond donors (Lipinski definition) is 0. The monoisotopic (exact) mass is 834 g/mol. The van der Waals surface area contributed by atoms with E-state index in [1.807, 2.05) is 0 Å². The van der Waals surface area contributed by atoms with Gasteiger partial charge < -0.3 is 14.2 Å². The van der Waals surface area contributed by atoms with Gasteiger partial charge in [0, 0.05) is 44.2 Å². The van der Waals surface area contributed by atoms with Gasteiger partial charge in [0.2, 0.25) is 0 Å². The average Bonchev–Trinajstić information content (AvgIpc) is 3.85. The zero-order valence-corrected chi connectivity index (χ0v) is 36.6. The lowest BCUT2D eigenvalue weighted by atomic mass is 9.91. The maximum absolute atomic E-state index is 7.07. The average molecular weight is 835 g/mol. The topological polar surface area (TPSA) is 19.6 Å². The van der Waals surface area contributed by atoms with Gasteiger partial charge >= 0.3 is 0 Å². The Morgan fingerprint density at radius 3 is 1.48 bits per heavy atom. The number of benzene rings is 11. The molecule has 2 heterocycles. The number of hydrogen-bond acceptors (Lipinski definition) is 3. The van der Waals surface area contributed by atoms with E-state index < -0.39 is 8.07 Å². The molecule has 0 radical (unpaired) electrons. The molecule has 11 aromatic carbocycles. The first-order valence-corrected chi connectivity index (χ1v) is 25.2. The normalized spacial score (nSPS) is 13.0. The fourth-order valence-corrected chi connectivity index (χ4v) is 14.4. The Hall–Kier alpha value is -7.92. The molecule has 0 spiro atoms. The highest BCUT2D eigenvalue weighted by Crippen LogP contribution is 2.50. The summed E-state index contributed by atoms with van der Waals surface area (Å²) in [6, 6.07) is 79.9. The van der Waals surface area contributed by atoms with Crippen molar-refractivity contribution in [1.29, 1.82) is 0 Å². The van der Waals surface area contributed by atoms with Crippen LogP contribution in [0.3, 0.4) is 0 Å². The number of fused-ring (bicyclic) bond motifs is 6. The van der Waals surface area contributed by atoms with Gasteiger partial charge in [0.1, 0.15) is 13.7 Å². The summed E-state index contributed by atoms with van der Waals surface area (Å²) in [5, 5.41) is 12.6. The second kappa shape index (κ2) is 14.0. The third-order valence-electron chi connectivity index (χ3n) is 13.8. The highest BCUT2D eigenvalue weighted by molar-refractivity contribution is 7.04. The van der Waals surface area contributed by atoms with Gasteiger partial charge in [-0.1, -0.05) is 183 Å². The molecule has 0 bridgehead atoms. The summed E-state index contributed by atoms with van der Waals surface area (Å²) in [6.45, 7) is 5.03. The van der Waals surface area contributed by atoms with Crippen LogP contribution in [0.5, 0.6) is 0 Å². The van der Waals surface area contributed by atoms with Crippen molar-refractivity contribution in [3.63, 3.8) is 0 Å². The highest BCUT2D eigenvalue weighted by atomic mass is 28.3. The molecule has 0 saturated carbocycles. The van der Waals surface area contributed by atoms with Gasteiger partial charge in [-0.15, -0.1) is 0 Å². The molecule has 64 heavy (non-hydrogen) atoms. The van der Waals surface area contributed by atoms with E-state index >= 15 is 0 Å². The van der Waals surface area contributed by atoms with E-state index in [-0.39, 0.29) is 0 Å². The Bertz CT molecular complexity index is 3760. The van der Waals surface area contributed by atoms with Crippen molar-refractivity contribution < 1.29 is 4.42 Å². The third kappa shape index (κ3) is 5.33. The molecule has 0 amide bonds. The highest BCUT2D eigenvalue weighted by Gasteiger charge is 2.40. The lowest BCUT2D eigenvalue weighted by molar-refractivity contribution is 0.670. The molecule has 12 aromatic rings. The van der Waals surface area contributed by atoms with Crippen molar-refractivity contribution in [1.82, 2.24) is 0 Å². The van der Waals surface area contributed by atoms with Gasteiger partial charge in [-0.2, -0.15) is 0 Å². The molecule has 4 heteroatoms. The first-order chi connectivity index (χ1) is 31.5. The van der Waals surface area contributed by atoms with Gasteiger partial charge in [0.15, 0.2) is 5.58 Å². The number of anilines is 6. The number of para-hydroxylation sites is 4. The Balaban J connectivity index is 1.05. The minimum absolute atomic E-state index is 0.861. The molecule has 1 aliphatic heterocycles. The molecule has 1 aromatic heterocycles. The summed E-state index contributed by atoms with van der Waals surface area (Å²) in [5.74, 6) is 0. The van der Waals surface area contributed by atoms with E-state index in [1.54, 1.807) is 0 Å². The van der Waals surface area contributed by atoms with Gasteiger partial charge in [-0.05, 0) is 97.1 Å². The standard InChI is InChI=1S/C60H42N2OSi/c1-64(2)55-30-13-12-23-45(55)48-27-16-29-54(60(48)64)62(43-21-10-5-11-22-43)52-38-34-41-31-35-49-51(37-33-40-32-36-50(52)57(41)56(40)49)61(42-19-8-4-9-20-42)53-28-15-26-47-46-25-14-24-44(58(46)63-59(47)53)39-17-6-3-7-18-39/h3-38H,1-2H3. The summed E-state index contributed by atoms with van der Waals surface area (Å²) in [4.78, 5) is 4.93. The number of nitrogens with zero attached hydrogens (tertiary/aromatic N) is 2. The van der Waals surface area contributed by atoms with Crippen molar-refractivity contribution >= 4 is 107 Å². The summed E-state index contributed by atoms with van der Waals surface area (Å²) in [6.07, 6.45) is 0. The van der Waals surface area contributed by atoms with Crippen LogP contribution in [0.1, 0.15) is 0 Å². The zero-order valence-electron chi connectivity index (χ0n) is 35.6. The lowest BCUT2D eigenvalue weighted by Gasteiger charge is -2.32. The van der Waals surface area contributed by atoms with E-state index in [2.05, 4.69) is 241 Å². The van der Waals surface area contributed by atoms with Crippen LogP contribution in [0.4, 0.5) is 34.1 Å². The molecule has 1 aliphatic rings. The van der Waals surface area contributed by atoms with E-state index in [0.717, 1.165) is 55.8 Å². The molecule has 3 nitrogen and oxygen atoms in total. The van der Waals surface area contributed by atoms with Crippen LogP contribution in [0.25, 0.3) is 76.5 Å². The van der Waals surface area contributed by atoms with Crippen LogP contribution in [-0.2, 0) is 0 Å². The van der Waals surface area contributed by atoms with Crippen molar-refractivity contribution in [2.45, 2.75) is 13.1 Å². The minimum atomic E-state index is -2.08. The SMILES string of the molecule is C[Si]1(C)c2ccccc2-c2cccc(N(c3ccccc3)c3ccc4ccc5c(N(c6ccccc6)c6cccc7c6oc6c(-c8ccccc8)cccc67)ccc6ccc3c4c65)c21. The zero-order chi connectivity index (χ0) is 42.5. The maximum atomic E-state index is 7.07. The summed E-state index contributed by atoms with van der Waals surface area (Å²) < 4.78 is 7.07. The van der Waals surface area contributed by atoms with Crippen molar-refractivity contribution in [3.05, 3.63) is 218 Å². The predicted octanol–water partition coefficient (Wildman–Crippen LogP) is 15.9. The Labute approximate surface area is 373 Å². The summed E-state index contributed by atoms with van der Waals surface area (Å²) >= 11 is 0. The van der Waals surface area contributed by atoms with Crippen molar-refractivity contribution in [2.24, 2.45) is 0 Å². The van der Waals surface area contributed by atoms with E-state index in [4.69, 9.17) is 4.42 Å². The molecule has 0 atom stereocenters. The van der Waals surface area contributed by atoms with Crippen LogP contribution in [0.2, 0.25) is 13.1 Å². The van der Waals surface area contributed by atoms with Gasteiger partial charge in [0.25, 0.3) is 0 Å². The summed E-state index contributed by atoms with van der Waals surface area (Å²) in [5.41, 5.74) is 13.5. The quantitative estimate of drug-likeness (QED) is 0.118. The molecule has 0 N–H and O–H groups in total. The molecular weight excluding hydrogens is 793 g/mol. The molecule has 302 valence electrons. The van der Waals surface area contributed by atoms with Crippen LogP contribution < -0.4 is 20.2 Å². The van der Waals surface area contributed by atoms with E-state index in [9.17, 15) is 0 Å². The Morgan fingerprint density at radius 1 is 0.344 bits per heavy atom. The number of furan rings is 1. The van der Waals surface area contributed by atoms with Crippen LogP contribution in [0, 0.1) is 0 Å². The third-order valence-corrected chi connectivity index (χ3v) is 17.3. The predicted molar refractivity (Wildman–Crippen MR) is 274 cm³/mol. The fourth-order valence-electron chi connectivity index (χ4n) is 11.0. The van der Waals surface area contributed by atoms with Crippen LogP contribution >= 0.6 is 0 Å². The lowest BCUT2D eigenvalue weighted by Crippen LogP contribution is -2.50. The first kappa shape index (κ1) is 36.7. The minimum Gasteiger partial charge on any atom is -0.453 e. The second-order valence-corrected chi connectivity index (χ2v) is 21.9. The molecular formula is C60H42N2OSi. The van der Waals surface area contributed by atoms with Gasteiger partial charge in [-0.25, -0.2) is 0 Å².